The third-order valence-electron chi connectivity index (χ3n) is 3.48. The molecule has 1 heterocycles. The third-order valence-corrected chi connectivity index (χ3v) is 4.14. The number of nitrogens with zero attached hydrogens (tertiary/aromatic N) is 2. The molecule has 0 radical (unpaired) electrons. The number of anilines is 1. The molecule has 1 N–H and O–H groups in total. The Morgan fingerprint density at radius 1 is 1.04 bits per heavy atom. The van der Waals surface area contributed by atoms with Gasteiger partial charge in [-0.05, 0) is 31.2 Å². The lowest BCUT2D eigenvalue weighted by Crippen LogP contribution is -2.30. The first-order valence-corrected chi connectivity index (χ1v) is 8.82. The number of hydrogen-bond donors (Lipinski definition) is 1. The van der Waals surface area contributed by atoms with Gasteiger partial charge < -0.3 is 10.2 Å². The Hall–Kier alpha value is -0.450. The van der Waals surface area contributed by atoms with Crippen LogP contribution in [0, 0.1) is 0 Å². The molecule has 23 heavy (non-hydrogen) atoms. The van der Waals surface area contributed by atoms with Gasteiger partial charge in [0, 0.05) is 48.7 Å². The van der Waals surface area contributed by atoms with E-state index in [-0.39, 0.29) is 12.4 Å². The summed E-state index contributed by atoms with van der Waals surface area (Å²) in [6.07, 6.45) is 2.82. The van der Waals surface area contributed by atoms with Gasteiger partial charge in [-0.2, -0.15) is 0 Å². The van der Waals surface area contributed by atoms with Crippen molar-refractivity contribution in [2.24, 2.45) is 0 Å². The number of hydrogen-bond acceptors (Lipinski definition) is 3. The first-order chi connectivity index (χ1) is 10.8. The van der Waals surface area contributed by atoms with Crippen molar-refractivity contribution in [3.63, 3.8) is 0 Å². The fourth-order valence-corrected chi connectivity index (χ4v) is 3.16. The van der Waals surface area contributed by atoms with Gasteiger partial charge in [-0.3, -0.25) is 4.98 Å². The summed E-state index contributed by atoms with van der Waals surface area (Å²) in [7, 11) is 0. The number of fused-ring (bicyclic) bond motifs is 1. The number of nitrogens with one attached hydrogen (secondary N) is 1. The van der Waals surface area contributed by atoms with E-state index < -0.39 is 0 Å². The van der Waals surface area contributed by atoms with Crippen LogP contribution in [-0.4, -0.2) is 47.8 Å². The summed E-state index contributed by atoms with van der Waals surface area (Å²) in [5.74, 6) is 1.27. The molecule has 0 unspecified atom stereocenters. The lowest BCUT2D eigenvalue weighted by atomic mass is 10.2. The highest BCUT2D eigenvalue weighted by Crippen LogP contribution is 2.28. The van der Waals surface area contributed by atoms with E-state index in [9.17, 15) is 0 Å². The van der Waals surface area contributed by atoms with Crippen molar-refractivity contribution in [2.75, 3.05) is 43.3 Å². The molecule has 7 heteroatoms. The smallest absolute Gasteiger partial charge is 0.0737 e. The van der Waals surface area contributed by atoms with Crippen LogP contribution in [0.2, 0.25) is 5.02 Å². The fraction of sp³-hybridized carbons (Fsp3) is 0.438. The van der Waals surface area contributed by atoms with Crippen molar-refractivity contribution in [3.05, 3.63) is 35.5 Å². The molecule has 0 fully saturated rings. The molecule has 0 saturated carbocycles. The van der Waals surface area contributed by atoms with Crippen molar-refractivity contribution in [2.45, 2.75) is 6.42 Å². The minimum absolute atomic E-state index is 0. The maximum atomic E-state index is 6.29. The zero-order chi connectivity index (χ0) is 15.8. The molecule has 0 aliphatic carbocycles. The van der Waals surface area contributed by atoms with Gasteiger partial charge in [0.25, 0.3) is 0 Å². The fourth-order valence-electron chi connectivity index (χ4n) is 2.41. The summed E-state index contributed by atoms with van der Waals surface area (Å²) in [6.45, 7) is 3.59. The highest BCUT2D eigenvalue weighted by Gasteiger charge is 2.06. The summed E-state index contributed by atoms with van der Waals surface area (Å²) >= 11 is 17.9. The first-order valence-electron chi connectivity index (χ1n) is 7.37. The molecule has 0 aliphatic heterocycles. The summed E-state index contributed by atoms with van der Waals surface area (Å²) in [5, 5.41) is 5.15. The molecule has 0 atom stereocenters. The molecular formula is C16H21Cl4N3. The van der Waals surface area contributed by atoms with Crippen LogP contribution < -0.4 is 5.32 Å². The van der Waals surface area contributed by atoms with Crippen LogP contribution in [0.1, 0.15) is 6.42 Å². The number of halogens is 4. The van der Waals surface area contributed by atoms with Crippen molar-refractivity contribution in [1.82, 2.24) is 9.88 Å². The van der Waals surface area contributed by atoms with E-state index >= 15 is 0 Å². The zero-order valence-electron chi connectivity index (χ0n) is 12.8. The average Bonchev–Trinajstić information content (AvgIpc) is 2.52. The van der Waals surface area contributed by atoms with E-state index in [1.54, 1.807) is 6.20 Å². The lowest BCUT2D eigenvalue weighted by molar-refractivity contribution is 0.306. The average molecular weight is 397 g/mol. The second kappa shape index (κ2) is 11.2. The Labute approximate surface area is 158 Å². The van der Waals surface area contributed by atoms with E-state index in [4.69, 9.17) is 34.8 Å². The molecule has 0 spiro atoms. The number of alkyl halides is 2. The SMILES string of the molecule is Cl.ClCCN(CCCl)CCCNc1ccnc2cccc(Cl)c12. The first kappa shape index (κ1) is 20.6. The van der Waals surface area contributed by atoms with Gasteiger partial charge in [-0.25, -0.2) is 0 Å². The molecule has 2 rings (SSSR count). The monoisotopic (exact) mass is 395 g/mol. The third kappa shape index (κ3) is 6.17. The highest BCUT2D eigenvalue weighted by atomic mass is 35.5. The summed E-state index contributed by atoms with van der Waals surface area (Å²) in [4.78, 5) is 6.62. The quantitative estimate of drug-likeness (QED) is 0.483. The van der Waals surface area contributed by atoms with Crippen LogP contribution in [0.5, 0.6) is 0 Å². The highest BCUT2D eigenvalue weighted by molar-refractivity contribution is 6.36. The largest absolute Gasteiger partial charge is 0.384 e. The number of aromatic nitrogens is 1. The van der Waals surface area contributed by atoms with Crippen LogP contribution in [0.4, 0.5) is 5.69 Å². The molecule has 0 bridgehead atoms. The summed E-state index contributed by atoms with van der Waals surface area (Å²) in [6, 6.07) is 7.73. The Kier molecular flexibility index (Phi) is 10.00. The number of rotatable bonds is 9. The maximum Gasteiger partial charge on any atom is 0.0737 e. The molecule has 0 amide bonds. The molecule has 3 nitrogen and oxygen atoms in total. The van der Waals surface area contributed by atoms with Crippen LogP contribution in [0.3, 0.4) is 0 Å². The van der Waals surface area contributed by atoms with E-state index in [1.807, 2.05) is 24.3 Å². The molecule has 1 aromatic carbocycles. The topological polar surface area (TPSA) is 28.2 Å². The van der Waals surface area contributed by atoms with Crippen molar-refractivity contribution in [3.8, 4) is 0 Å². The Morgan fingerprint density at radius 3 is 2.48 bits per heavy atom. The molecule has 128 valence electrons. The van der Waals surface area contributed by atoms with Gasteiger partial charge in [0.2, 0.25) is 0 Å². The molecule has 0 saturated heterocycles. The zero-order valence-corrected chi connectivity index (χ0v) is 15.9. The van der Waals surface area contributed by atoms with Crippen LogP contribution in [0.15, 0.2) is 30.5 Å². The van der Waals surface area contributed by atoms with Crippen LogP contribution >= 0.6 is 47.2 Å². The van der Waals surface area contributed by atoms with Gasteiger partial charge in [-0.1, -0.05) is 17.7 Å². The Balaban J connectivity index is 0.00000264. The molecule has 2 aromatic rings. The molecule has 1 aromatic heterocycles. The van der Waals surface area contributed by atoms with Crippen molar-refractivity contribution < 1.29 is 0 Å². The maximum absolute atomic E-state index is 6.29. The minimum atomic E-state index is 0. The van der Waals surface area contributed by atoms with E-state index in [0.29, 0.717) is 11.8 Å². The van der Waals surface area contributed by atoms with Gasteiger partial charge in [0.1, 0.15) is 0 Å². The number of pyridine rings is 1. The summed E-state index contributed by atoms with van der Waals surface area (Å²) in [5.41, 5.74) is 1.93. The Morgan fingerprint density at radius 2 is 1.78 bits per heavy atom. The second-order valence-corrected chi connectivity index (χ2v) is 6.16. The van der Waals surface area contributed by atoms with Crippen LogP contribution in [-0.2, 0) is 0 Å². The predicted molar refractivity (Wildman–Crippen MR) is 105 cm³/mol. The summed E-state index contributed by atoms with van der Waals surface area (Å²) < 4.78 is 0. The Bertz CT molecular complexity index is 583. The second-order valence-electron chi connectivity index (χ2n) is 4.99. The van der Waals surface area contributed by atoms with E-state index in [1.165, 1.54) is 0 Å². The van der Waals surface area contributed by atoms with E-state index in [2.05, 4.69) is 15.2 Å². The van der Waals surface area contributed by atoms with Gasteiger partial charge >= 0.3 is 0 Å². The van der Waals surface area contributed by atoms with Crippen molar-refractivity contribution >= 4 is 63.8 Å². The van der Waals surface area contributed by atoms with Crippen LogP contribution in [0.25, 0.3) is 10.9 Å². The standard InChI is InChI=1S/C16H20Cl3N3.ClH/c17-6-11-22(12-7-18)10-2-8-20-15-5-9-21-14-4-1-3-13(19)16(14)15;/h1,3-5,9H,2,6-8,10-12H2,(H,20,21);1H. The lowest BCUT2D eigenvalue weighted by Gasteiger charge is -2.20. The van der Waals surface area contributed by atoms with Gasteiger partial charge in [0.05, 0.1) is 10.5 Å². The molecule has 0 aliphatic rings. The normalized spacial score (nSPS) is 10.8. The van der Waals surface area contributed by atoms with E-state index in [0.717, 1.165) is 54.2 Å². The predicted octanol–water partition coefficient (Wildman–Crippen LogP) is 4.89. The number of benzene rings is 1. The van der Waals surface area contributed by atoms with Crippen molar-refractivity contribution in [1.29, 1.82) is 0 Å². The minimum Gasteiger partial charge on any atom is -0.384 e. The van der Waals surface area contributed by atoms with Gasteiger partial charge in [-0.15, -0.1) is 35.6 Å². The molecular weight excluding hydrogens is 376 g/mol. The van der Waals surface area contributed by atoms with Gasteiger partial charge in [0.15, 0.2) is 0 Å².